The minimum Gasteiger partial charge on any atom is -0.119 e. The Bertz CT molecular complexity index is 224. The van der Waals surface area contributed by atoms with Crippen LogP contribution in [0.15, 0.2) is 30.3 Å². The maximum atomic E-state index is 2.25. The molecule has 1 aliphatic heterocycles. The van der Waals surface area contributed by atoms with E-state index in [1.54, 1.807) is 0 Å². The maximum absolute atomic E-state index is 2.25. The molecule has 0 nitrogen and oxygen atoms in total. The van der Waals surface area contributed by atoms with Gasteiger partial charge in [-0.2, -0.15) is 0 Å². The molecular formula is C11H15P. The SMILES string of the molecule is c1ccc(CC2CCCP2)cc1. The topological polar surface area (TPSA) is 0 Å². The summed E-state index contributed by atoms with van der Waals surface area (Å²) in [5.74, 6) is 0. The Morgan fingerprint density at radius 3 is 2.75 bits per heavy atom. The van der Waals surface area contributed by atoms with E-state index in [0.29, 0.717) is 0 Å². The second-order valence-corrected chi connectivity index (χ2v) is 5.21. The van der Waals surface area contributed by atoms with Crippen molar-refractivity contribution in [3.05, 3.63) is 35.9 Å². The van der Waals surface area contributed by atoms with Gasteiger partial charge in [0.05, 0.1) is 0 Å². The van der Waals surface area contributed by atoms with Gasteiger partial charge in [0.15, 0.2) is 0 Å². The molecule has 0 spiro atoms. The van der Waals surface area contributed by atoms with Gasteiger partial charge in [-0.25, -0.2) is 0 Å². The molecule has 2 rings (SSSR count). The van der Waals surface area contributed by atoms with Crippen molar-refractivity contribution in [1.82, 2.24) is 0 Å². The van der Waals surface area contributed by atoms with Gasteiger partial charge in [-0.05, 0) is 36.6 Å². The highest BCUT2D eigenvalue weighted by molar-refractivity contribution is 7.39. The summed E-state index contributed by atoms with van der Waals surface area (Å²) in [5, 5.41) is 0. The van der Waals surface area contributed by atoms with Crippen LogP contribution in [0.5, 0.6) is 0 Å². The second-order valence-electron chi connectivity index (χ2n) is 3.48. The minimum absolute atomic E-state index is 1.01. The zero-order valence-electron chi connectivity index (χ0n) is 7.29. The summed E-state index contributed by atoms with van der Waals surface area (Å²) in [5.41, 5.74) is 2.53. The van der Waals surface area contributed by atoms with Gasteiger partial charge in [0.1, 0.15) is 0 Å². The number of benzene rings is 1. The molecule has 0 aromatic heterocycles. The first-order chi connectivity index (χ1) is 5.95. The smallest absolute Gasteiger partial charge is 0.0196 e. The third kappa shape index (κ3) is 2.08. The minimum atomic E-state index is 1.01. The molecule has 0 aliphatic carbocycles. The summed E-state index contributed by atoms with van der Waals surface area (Å²) in [6.45, 7) is 0. The van der Waals surface area contributed by atoms with E-state index in [-0.39, 0.29) is 0 Å². The van der Waals surface area contributed by atoms with E-state index in [1.165, 1.54) is 39.6 Å². The van der Waals surface area contributed by atoms with Crippen LogP contribution in [0.4, 0.5) is 0 Å². The van der Waals surface area contributed by atoms with Crippen molar-refractivity contribution in [3.63, 3.8) is 0 Å². The quantitative estimate of drug-likeness (QED) is 0.610. The fraction of sp³-hybridized carbons (Fsp3) is 0.455. The fourth-order valence-corrected chi connectivity index (χ4v) is 3.43. The third-order valence-electron chi connectivity index (χ3n) is 2.49. The van der Waals surface area contributed by atoms with Crippen LogP contribution in [0.3, 0.4) is 0 Å². The van der Waals surface area contributed by atoms with Crippen molar-refractivity contribution in [2.45, 2.75) is 24.9 Å². The van der Waals surface area contributed by atoms with Crippen LogP contribution in [0.2, 0.25) is 0 Å². The Balaban J connectivity index is 1.94. The summed E-state index contributed by atoms with van der Waals surface area (Å²) in [7, 11) is 1.23. The molecule has 1 fully saturated rings. The first kappa shape index (κ1) is 8.26. The van der Waals surface area contributed by atoms with Crippen molar-refractivity contribution in [1.29, 1.82) is 0 Å². The molecule has 0 N–H and O–H groups in total. The average Bonchev–Trinajstić information content (AvgIpc) is 2.59. The molecule has 64 valence electrons. The first-order valence-corrected chi connectivity index (χ1v) is 6.01. The monoisotopic (exact) mass is 178 g/mol. The van der Waals surface area contributed by atoms with E-state index in [0.717, 1.165) is 5.66 Å². The molecule has 0 saturated carbocycles. The number of rotatable bonds is 2. The van der Waals surface area contributed by atoms with Crippen molar-refractivity contribution >= 4 is 8.58 Å². The fourth-order valence-electron chi connectivity index (χ4n) is 1.83. The predicted octanol–water partition coefficient (Wildman–Crippen LogP) is 3.07. The van der Waals surface area contributed by atoms with Crippen molar-refractivity contribution in [2.75, 3.05) is 6.16 Å². The number of hydrogen-bond acceptors (Lipinski definition) is 0. The van der Waals surface area contributed by atoms with Gasteiger partial charge in [-0.15, -0.1) is 8.58 Å². The Morgan fingerprint density at radius 1 is 1.25 bits per heavy atom. The molecule has 0 bridgehead atoms. The van der Waals surface area contributed by atoms with Crippen LogP contribution in [-0.4, -0.2) is 11.8 Å². The van der Waals surface area contributed by atoms with Gasteiger partial charge in [0, 0.05) is 0 Å². The van der Waals surface area contributed by atoms with Crippen molar-refractivity contribution in [2.24, 2.45) is 0 Å². The lowest BCUT2D eigenvalue weighted by atomic mass is 10.1. The van der Waals surface area contributed by atoms with Gasteiger partial charge in [-0.1, -0.05) is 30.3 Å². The molecular weight excluding hydrogens is 163 g/mol. The summed E-state index contributed by atoms with van der Waals surface area (Å²) in [6.07, 6.45) is 5.74. The van der Waals surface area contributed by atoms with Crippen LogP contribution < -0.4 is 0 Å². The molecule has 2 unspecified atom stereocenters. The molecule has 0 amide bonds. The third-order valence-corrected chi connectivity index (χ3v) is 4.20. The highest BCUT2D eigenvalue weighted by Crippen LogP contribution is 2.34. The Morgan fingerprint density at radius 2 is 2.08 bits per heavy atom. The Hall–Kier alpha value is -0.350. The van der Waals surface area contributed by atoms with Crippen LogP contribution in [-0.2, 0) is 6.42 Å². The molecule has 1 aromatic carbocycles. The van der Waals surface area contributed by atoms with Crippen LogP contribution in [0, 0.1) is 0 Å². The molecule has 0 radical (unpaired) electrons. The van der Waals surface area contributed by atoms with E-state index in [1.807, 2.05) is 0 Å². The second kappa shape index (κ2) is 4.05. The first-order valence-electron chi connectivity index (χ1n) is 4.72. The van der Waals surface area contributed by atoms with Crippen LogP contribution >= 0.6 is 8.58 Å². The summed E-state index contributed by atoms with van der Waals surface area (Å²) in [6, 6.07) is 10.9. The van der Waals surface area contributed by atoms with E-state index in [2.05, 4.69) is 30.3 Å². The highest BCUT2D eigenvalue weighted by Gasteiger charge is 2.14. The summed E-state index contributed by atoms with van der Waals surface area (Å²) in [4.78, 5) is 0. The van der Waals surface area contributed by atoms with Crippen LogP contribution in [0.1, 0.15) is 18.4 Å². The van der Waals surface area contributed by atoms with E-state index < -0.39 is 0 Å². The Labute approximate surface area is 76.2 Å². The molecule has 1 heterocycles. The molecule has 1 heteroatoms. The molecule has 2 atom stereocenters. The van der Waals surface area contributed by atoms with Gasteiger partial charge in [0.25, 0.3) is 0 Å². The van der Waals surface area contributed by atoms with E-state index >= 15 is 0 Å². The lowest BCUT2D eigenvalue weighted by molar-refractivity contribution is 0.775. The van der Waals surface area contributed by atoms with Crippen molar-refractivity contribution in [3.8, 4) is 0 Å². The van der Waals surface area contributed by atoms with Gasteiger partial charge >= 0.3 is 0 Å². The predicted molar refractivity (Wildman–Crippen MR) is 56.4 cm³/mol. The van der Waals surface area contributed by atoms with E-state index in [9.17, 15) is 0 Å². The Kier molecular flexibility index (Phi) is 2.79. The van der Waals surface area contributed by atoms with Gasteiger partial charge < -0.3 is 0 Å². The lowest BCUT2D eigenvalue weighted by Gasteiger charge is -2.07. The van der Waals surface area contributed by atoms with Gasteiger partial charge in [-0.3, -0.25) is 0 Å². The largest absolute Gasteiger partial charge is 0.119 e. The van der Waals surface area contributed by atoms with Crippen LogP contribution in [0.25, 0.3) is 0 Å². The normalized spacial score (nSPS) is 24.8. The lowest BCUT2D eigenvalue weighted by Crippen LogP contribution is -1.99. The maximum Gasteiger partial charge on any atom is -0.0196 e. The molecule has 1 aliphatic rings. The molecule has 1 aromatic rings. The van der Waals surface area contributed by atoms with E-state index in [4.69, 9.17) is 0 Å². The van der Waals surface area contributed by atoms with Gasteiger partial charge in [0.2, 0.25) is 0 Å². The molecule has 1 saturated heterocycles. The van der Waals surface area contributed by atoms with Crippen molar-refractivity contribution < 1.29 is 0 Å². The zero-order chi connectivity index (χ0) is 8.23. The molecule has 12 heavy (non-hydrogen) atoms. The number of hydrogen-bond donors (Lipinski definition) is 0. The zero-order valence-corrected chi connectivity index (χ0v) is 8.29. The summed E-state index contributed by atoms with van der Waals surface area (Å²) >= 11 is 0. The highest BCUT2D eigenvalue weighted by atomic mass is 31.1. The standard InChI is InChI=1S/C11H15P/c1-2-5-10(6-3-1)9-11-7-4-8-12-11/h1-3,5-6,11-12H,4,7-9H2. The average molecular weight is 178 g/mol. The summed E-state index contributed by atoms with van der Waals surface area (Å²) < 4.78 is 0.